The van der Waals surface area contributed by atoms with Gasteiger partial charge >= 0.3 is 0 Å². The van der Waals surface area contributed by atoms with E-state index < -0.39 is 0 Å². The molecular formula is C33H31N5O5. The van der Waals surface area contributed by atoms with Gasteiger partial charge in [-0.15, -0.1) is 0 Å². The number of hydrogen-bond acceptors (Lipinski definition) is 9. The Morgan fingerprint density at radius 2 is 1.67 bits per heavy atom. The first-order chi connectivity index (χ1) is 21.0. The van der Waals surface area contributed by atoms with E-state index in [9.17, 15) is 4.79 Å². The number of fused-ring (bicyclic) bond motifs is 2. The van der Waals surface area contributed by atoms with Gasteiger partial charge in [0.1, 0.15) is 34.2 Å². The van der Waals surface area contributed by atoms with Gasteiger partial charge in [-0.1, -0.05) is 49.3 Å². The Hall–Kier alpha value is -5.12. The first-order valence-electron chi connectivity index (χ1n) is 14.5. The van der Waals surface area contributed by atoms with E-state index in [1.165, 1.54) is 0 Å². The van der Waals surface area contributed by atoms with Crippen LogP contribution in [-0.2, 0) is 6.42 Å². The number of anilines is 1. The monoisotopic (exact) mass is 577 g/mol. The molecule has 2 aliphatic rings. The van der Waals surface area contributed by atoms with Gasteiger partial charge in [-0.2, -0.15) is 4.98 Å². The smallest absolute Gasteiger partial charge is 0.263 e. The third-order valence-corrected chi connectivity index (χ3v) is 7.53. The first-order valence-corrected chi connectivity index (χ1v) is 14.5. The van der Waals surface area contributed by atoms with Crippen LogP contribution in [0.2, 0.25) is 0 Å². The highest BCUT2D eigenvalue weighted by Crippen LogP contribution is 2.37. The molecule has 10 nitrogen and oxygen atoms in total. The molecule has 4 heterocycles. The summed E-state index contributed by atoms with van der Waals surface area (Å²) in [4.78, 5) is 27.2. The summed E-state index contributed by atoms with van der Waals surface area (Å²) in [5.41, 5.74) is 2.52. The van der Waals surface area contributed by atoms with E-state index in [0.29, 0.717) is 78.6 Å². The summed E-state index contributed by atoms with van der Waals surface area (Å²) >= 11 is 0. The van der Waals surface area contributed by atoms with E-state index in [1.54, 1.807) is 18.2 Å². The Kier molecular flexibility index (Phi) is 7.02. The number of aromatic nitrogens is 3. The zero-order valence-corrected chi connectivity index (χ0v) is 24.0. The van der Waals surface area contributed by atoms with Crippen LogP contribution < -0.4 is 19.1 Å². The zero-order valence-electron chi connectivity index (χ0n) is 24.0. The minimum Gasteiger partial charge on any atom is -0.457 e. The fourth-order valence-corrected chi connectivity index (χ4v) is 5.43. The molecule has 0 atom stereocenters. The third kappa shape index (κ3) is 5.43. The number of carbonyl (C=O) groups is 1. The van der Waals surface area contributed by atoms with Gasteiger partial charge in [-0.3, -0.25) is 4.79 Å². The predicted octanol–water partition coefficient (Wildman–Crippen LogP) is 5.97. The van der Waals surface area contributed by atoms with Crippen molar-refractivity contribution in [1.82, 2.24) is 20.0 Å². The van der Waals surface area contributed by atoms with Crippen molar-refractivity contribution in [2.75, 3.05) is 37.9 Å². The second kappa shape index (κ2) is 11.3. The van der Waals surface area contributed by atoms with Crippen LogP contribution in [0.3, 0.4) is 0 Å². The topological polar surface area (TPSA) is 103 Å². The number of carbonyl (C=O) groups excluding carboxylic acids is 1. The minimum atomic E-state index is -0.0350. The Morgan fingerprint density at radius 1 is 0.884 bits per heavy atom. The molecule has 3 aromatic carbocycles. The largest absolute Gasteiger partial charge is 0.457 e. The third-order valence-electron chi connectivity index (χ3n) is 7.53. The van der Waals surface area contributed by atoms with Crippen molar-refractivity contribution in [3.8, 4) is 34.3 Å². The molecule has 0 radical (unpaired) electrons. The lowest BCUT2D eigenvalue weighted by Gasteiger charge is -2.35. The van der Waals surface area contributed by atoms with Crippen molar-refractivity contribution >= 4 is 22.8 Å². The highest BCUT2D eigenvalue weighted by atomic mass is 16.7. The molecule has 5 aromatic rings. The Labute approximate surface area is 248 Å². The molecule has 1 saturated heterocycles. The van der Waals surface area contributed by atoms with E-state index in [1.807, 2.05) is 59.5 Å². The second-order valence-electron chi connectivity index (χ2n) is 11.1. The summed E-state index contributed by atoms with van der Waals surface area (Å²) in [5.74, 6) is 4.51. The lowest BCUT2D eigenvalue weighted by molar-refractivity contribution is 0.0746. The average Bonchev–Trinajstić information content (AvgIpc) is 3.68. The molecule has 43 heavy (non-hydrogen) atoms. The van der Waals surface area contributed by atoms with Gasteiger partial charge in [0.2, 0.25) is 6.79 Å². The molecule has 1 amide bonds. The predicted molar refractivity (Wildman–Crippen MR) is 161 cm³/mol. The molecule has 0 saturated carbocycles. The number of nitrogens with zero attached hydrogens (tertiary/aromatic N) is 5. The van der Waals surface area contributed by atoms with Crippen LogP contribution >= 0.6 is 0 Å². The van der Waals surface area contributed by atoms with Gasteiger partial charge in [0.25, 0.3) is 11.6 Å². The summed E-state index contributed by atoms with van der Waals surface area (Å²) in [5, 5.41) is 5.20. The maximum Gasteiger partial charge on any atom is 0.263 e. The highest BCUT2D eigenvalue weighted by Gasteiger charge is 2.28. The molecule has 218 valence electrons. The Balaban J connectivity index is 1.18. The first kappa shape index (κ1) is 26.8. The molecule has 0 N–H and O–H groups in total. The summed E-state index contributed by atoms with van der Waals surface area (Å²) in [6, 6.07) is 22.7. The molecule has 1 fully saturated rings. The molecule has 2 aromatic heterocycles. The maximum absolute atomic E-state index is 13.3. The zero-order chi connectivity index (χ0) is 29.3. The standard InChI is InChI=1S/C33H31N5O5/c1-21(2)17-28-34-31(37-13-15-38(16-14-37)33(39)23-11-12-26-27(19-23)41-20-40-26)29-30(36-43-32(29)35-28)22-7-6-10-25(18-22)42-24-8-4-3-5-9-24/h3-12,18-19,21H,13-17,20H2,1-2H3. The summed E-state index contributed by atoms with van der Waals surface area (Å²) in [6.45, 7) is 6.73. The summed E-state index contributed by atoms with van der Waals surface area (Å²) in [6.07, 6.45) is 0.710. The van der Waals surface area contributed by atoms with Crippen molar-refractivity contribution in [3.05, 3.63) is 84.2 Å². The normalized spacial score (nSPS) is 14.5. The van der Waals surface area contributed by atoms with Gasteiger partial charge in [0.15, 0.2) is 11.5 Å². The fraction of sp³-hybridized carbons (Fsp3) is 0.273. The van der Waals surface area contributed by atoms with Crippen LogP contribution in [0.5, 0.6) is 23.0 Å². The number of ether oxygens (including phenoxy) is 3. The molecule has 7 rings (SSSR count). The van der Waals surface area contributed by atoms with E-state index in [4.69, 9.17) is 28.7 Å². The SMILES string of the molecule is CC(C)Cc1nc(N2CCN(C(=O)c3ccc4c(c3)OCO4)CC2)c2c(-c3cccc(Oc4ccccc4)c3)noc2n1. The number of amides is 1. The minimum absolute atomic E-state index is 0.0350. The van der Waals surface area contributed by atoms with Crippen LogP contribution in [0.15, 0.2) is 77.3 Å². The van der Waals surface area contributed by atoms with Gasteiger partial charge in [0.05, 0.1) is 0 Å². The molecule has 0 spiro atoms. The number of para-hydroxylation sites is 1. The Morgan fingerprint density at radius 3 is 2.49 bits per heavy atom. The van der Waals surface area contributed by atoms with Gasteiger partial charge in [0, 0.05) is 43.7 Å². The van der Waals surface area contributed by atoms with E-state index in [0.717, 1.165) is 22.5 Å². The van der Waals surface area contributed by atoms with Crippen LogP contribution in [0.1, 0.15) is 30.0 Å². The van der Waals surface area contributed by atoms with Crippen molar-refractivity contribution in [2.45, 2.75) is 20.3 Å². The molecular weight excluding hydrogens is 546 g/mol. The van der Waals surface area contributed by atoms with Gasteiger partial charge in [-0.25, -0.2) is 4.98 Å². The quantitative estimate of drug-likeness (QED) is 0.232. The number of piperazine rings is 1. The molecule has 0 unspecified atom stereocenters. The summed E-state index contributed by atoms with van der Waals surface area (Å²) in [7, 11) is 0. The van der Waals surface area contributed by atoms with Crippen LogP contribution in [0.25, 0.3) is 22.4 Å². The molecule has 0 aliphatic carbocycles. The highest BCUT2D eigenvalue weighted by molar-refractivity contribution is 5.99. The van der Waals surface area contributed by atoms with Gasteiger partial charge in [-0.05, 0) is 48.4 Å². The lowest BCUT2D eigenvalue weighted by Crippen LogP contribution is -2.49. The number of benzene rings is 3. The maximum atomic E-state index is 13.3. The van der Waals surface area contributed by atoms with Crippen LogP contribution in [-0.4, -0.2) is 58.9 Å². The van der Waals surface area contributed by atoms with E-state index >= 15 is 0 Å². The van der Waals surface area contributed by atoms with Gasteiger partial charge < -0.3 is 28.5 Å². The number of rotatable bonds is 7. The van der Waals surface area contributed by atoms with E-state index in [2.05, 4.69) is 23.9 Å². The van der Waals surface area contributed by atoms with Crippen molar-refractivity contribution in [2.24, 2.45) is 5.92 Å². The second-order valence-corrected chi connectivity index (χ2v) is 11.1. The van der Waals surface area contributed by atoms with Crippen molar-refractivity contribution in [3.63, 3.8) is 0 Å². The van der Waals surface area contributed by atoms with Crippen LogP contribution in [0, 0.1) is 5.92 Å². The molecule has 10 heteroatoms. The fourth-order valence-electron chi connectivity index (χ4n) is 5.43. The van der Waals surface area contributed by atoms with E-state index in [-0.39, 0.29) is 12.7 Å². The molecule has 2 aliphatic heterocycles. The van der Waals surface area contributed by atoms with Crippen LogP contribution in [0.4, 0.5) is 5.82 Å². The average molecular weight is 578 g/mol. The molecule has 0 bridgehead atoms. The Bertz CT molecular complexity index is 1780. The van der Waals surface area contributed by atoms with Crippen molar-refractivity contribution < 1.29 is 23.5 Å². The summed E-state index contributed by atoms with van der Waals surface area (Å²) < 4.78 is 22.8. The number of hydrogen-bond donors (Lipinski definition) is 0. The van der Waals surface area contributed by atoms with Crippen molar-refractivity contribution in [1.29, 1.82) is 0 Å². The lowest BCUT2D eigenvalue weighted by atomic mass is 10.1.